The van der Waals surface area contributed by atoms with E-state index in [0.29, 0.717) is 23.0 Å². The third-order valence-corrected chi connectivity index (χ3v) is 3.67. The first-order valence-electron chi connectivity index (χ1n) is 8.38. The molecule has 0 bridgehead atoms. The van der Waals surface area contributed by atoms with E-state index in [1.54, 1.807) is 51.8 Å². The number of hydrogen-bond acceptors (Lipinski definition) is 6. The Morgan fingerprint density at radius 2 is 1.81 bits per heavy atom. The number of anilines is 1. The minimum atomic E-state index is -0.591. The van der Waals surface area contributed by atoms with Crippen molar-refractivity contribution < 1.29 is 19.0 Å². The number of aromatic nitrogens is 3. The largest absolute Gasteiger partial charge is 0.493 e. The van der Waals surface area contributed by atoms with E-state index in [4.69, 9.17) is 14.2 Å². The van der Waals surface area contributed by atoms with Gasteiger partial charge in [0.25, 0.3) is 0 Å². The predicted octanol–water partition coefficient (Wildman–Crippen LogP) is 3.76. The normalized spacial score (nSPS) is 11.3. The average Bonchev–Trinajstić information content (AvgIpc) is 3.01. The van der Waals surface area contributed by atoms with Crippen LogP contribution in [0.5, 0.6) is 11.5 Å². The number of fused-ring (bicyclic) bond motifs is 1. The highest BCUT2D eigenvalue weighted by molar-refractivity contribution is 5.84. The third-order valence-electron chi connectivity index (χ3n) is 3.67. The van der Waals surface area contributed by atoms with E-state index < -0.39 is 11.7 Å². The van der Waals surface area contributed by atoms with Crippen LogP contribution >= 0.6 is 0 Å². The van der Waals surface area contributed by atoms with Gasteiger partial charge in [0, 0.05) is 17.8 Å². The topological polar surface area (TPSA) is 87.0 Å². The van der Waals surface area contributed by atoms with Gasteiger partial charge in [0.1, 0.15) is 5.60 Å². The Bertz CT molecular complexity index is 975. The second-order valence-electron chi connectivity index (χ2n) is 6.83. The van der Waals surface area contributed by atoms with E-state index in [1.807, 2.05) is 24.3 Å². The van der Waals surface area contributed by atoms with Gasteiger partial charge in [0.05, 0.1) is 19.9 Å². The number of benzene rings is 1. The van der Waals surface area contributed by atoms with Crippen molar-refractivity contribution in [3.05, 3.63) is 36.5 Å². The second kappa shape index (κ2) is 7.14. The van der Waals surface area contributed by atoms with E-state index in [2.05, 4.69) is 15.4 Å². The van der Waals surface area contributed by atoms with Crippen LogP contribution in [0.2, 0.25) is 0 Å². The molecule has 0 spiro atoms. The van der Waals surface area contributed by atoms with Gasteiger partial charge in [0.2, 0.25) is 0 Å². The fourth-order valence-electron chi connectivity index (χ4n) is 2.58. The SMILES string of the molecule is COc1ccc(-c2ccnc3cc(NC(=O)OC(C)(C)C)nn23)cc1OC. The van der Waals surface area contributed by atoms with Crippen LogP contribution in [-0.4, -0.2) is 40.5 Å². The van der Waals surface area contributed by atoms with Crippen molar-refractivity contribution in [3.63, 3.8) is 0 Å². The van der Waals surface area contributed by atoms with Crippen LogP contribution in [0.25, 0.3) is 16.9 Å². The minimum absolute atomic E-state index is 0.352. The average molecular weight is 370 g/mol. The number of carbonyl (C=O) groups is 1. The lowest BCUT2D eigenvalue weighted by Crippen LogP contribution is -2.27. The van der Waals surface area contributed by atoms with Gasteiger partial charge < -0.3 is 14.2 Å². The van der Waals surface area contributed by atoms with Gasteiger partial charge in [-0.3, -0.25) is 5.32 Å². The number of methoxy groups -OCH3 is 2. The van der Waals surface area contributed by atoms with E-state index in [1.165, 1.54) is 0 Å². The molecular formula is C19H22N4O4. The van der Waals surface area contributed by atoms with Crippen LogP contribution in [-0.2, 0) is 4.74 Å². The summed E-state index contributed by atoms with van der Waals surface area (Å²) in [5.41, 5.74) is 1.66. The molecule has 1 N–H and O–H groups in total. The number of amides is 1. The molecule has 0 aliphatic carbocycles. The highest BCUT2D eigenvalue weighted by Crippen LogP contribution is 2.32. The molecule has 0 unspecified atom stereocenters. The summed E-state index contributed by atoms with van der Waals surface area (Å²) in [6.45, 7) is 5.40. The highest BCUT2D eigenvalue weighted by atomic mass is 16.6. The monoisotopic (exact) mass is 370 g/mol. The summed E-state index contributed by atoms with van der Waals surface area (Å²) in [5.74, 6) is 1.60. The molecule has 1 amide bonds. The quantitative estimate of drug-likeness (QED) is 0.752. The maximum atomic E-state index is 12.0. The van der Waals surface area contributed by atoms with Crippen molar-refractivity contribution >= 4 is 17.6 Å². The first-order valence-corrected chi connectivity index (χ1v) is 8.38. The molecule has 0 radical (unpaired) electrons. The van der Waals surface area contributed by atoms with Crippen LogP contribution in [0.3, 0.4) is 0 Å². The molecule has 2 aromatic heterocycles. The summed E-state index contributed by atoms with van der Waals surface area (Å²) in [7, 11) is 3.17. The van der Waals surface area contributed by atoms with Gasteiger partial charge >= 0.3 is 6.09 Å². The predicted molar refractivity (Wildman–Crippen MR) is 101 cm³/mol. The molecule has 1 aromatic carbocycles. The summed E-state index contributed by atoms with van der Waals surface area (Å²) in [4.78, 5) is 16.3. The Hall–Kier alpha value is -3.29. The van der Waals surface area contributed by atoms with Crippen molar-refractivity contribution in [2.24, 2.45) is 0 Å². The van der Waals surface area contributed by atoms with Gasteiger partial charge in [0.15, 0.2) is 23.0 Å². The smallest absolute Gasteiger partial charge is 0.413 e. The molecule has 0 fully saturated rings. The Balaban J connectivity index is 1.96. The van der Waals surface area contributed by atoms with Crippen LogP contribution in [0.1, 0.15) is 20.8 Å². The standard InChI is InChI=1S/C19H22N4O4/c1-19(2,3)27-18(24)21-16-11-17-20-9-8-13(23(17)22-16)12-6-7-14(25-4)15(10-12)26-5/h6-11H,1-5H3,(H,21,22,24). The van der Waals surface area contributed by atoms with Crippen molar-refractivity contribution in [2.45, 2.75) is 26.4 Å². The lowest BCUT2D eigenvalue weighted by atomic mass is 10.1. The number of hydrogen-bond donors (Lipinski definition) is 1. The number of nitrogens with zero attached hydrogens (tertiary/aromatic N) is 3. The highest BCUT2D eigenvalue weighted by Gasteiger charge is 2.18. The lowest BCUT2D eigenvalue weighted by Gasteiger charge is -2.18. The van der Waals surface area contributed by atoms with Crippen LogP contribution in [0.15, 0.2) is 36.5 Å². The molecule has 0 atom stereocenters. The molecule has 8 heteroatoms. The molecule has 0 saturated heterocycles. The molecule has 142 valence electrons. The summed E-state index contributed by atoms with van der Waals surface area (Å²) in [6, 6.07) is 9.09. The van der Waals surface area contributed by atoms with E-state index >= 15 is 0 Å². The Kier molecular flexibility index (Phi) is 4.89. The third kappa shape index (κ3) is 4.11. The van der Waals surface area contributed by atoms with Crippen molar-refractivity contribution in [1.29, 1.82) is 0 Å². The van der Waals surface area contributed by atoms with Crippen LogP contribution in [0.4, 0.5) is 10.6 Å². The molecule has 3 aromatic rings. The number of ether oxygens (including phenoxy) is 3. The zero-order valence-corrected chi connectivity index (χ0v) is 15.9. The summed E-state index contributed by atoms with van der Waals surface area (Å²) in [6.07, 6.45) is 1.11. The van der Waals surface area contributed by atoms with Crippen LogP contribution < -0.4 is 14.8 Å². The van der Waals surface area contributed by atoms with Crippen LogP contribution in [0, 0.1) is 0 Å². The maximum absolute atomic E-state index is 12.0. The Labute approximate surface area is 157 Å². The van der Waals surface area contributed by atoms with E-state index in [9.17, 15) is 4.79 Å². The summed E-state index contributed by atoms with van der Waals surface area (Å²) >= 11 is 0. The van der Waals surface area contributed by atoms with Gasteiger partial charge in [-0.1, -0.05) is 0 Å². The lowest BCUT2D eigenvalue weighted by molar-refractivity contribution is 0.0635. The first kappa shape index (κ1) is 18.5. The van der Waals surface area contributed by atoms with E-state index in [-0.39, 0.29) is 0 Å². The zero-order chi connectivity index (χ0) is 19.6. The molecule has 0 saturated carbocycles. The molecule has 2 heterocycles. The molecule has 27 heavy (non-hydrogen) atoms. The van der Waals surface area contributed by atoms with Gasteiger partial charge in [-0.15, -0.1) is 5.10 Å². The zero-order valence-electron chi connectivity index (χ0n) is 15.9. The summed E-state index contributed by atoms with van der Waals surface area (Å²) in [5, 5.41) is 7.06. The van der Waals surface area contributed by atoms with Gasteiger partial charge in [-0.25, -0.2) is 14.3 Å². The fourth-order valence-corrected chi connectivity index (χ4v) is 2.58. The van der Waals surface area contributed by atoms with Crippen molar-refractivity contribution in [1.82, 2.24) is 14.6 Å². The second-order valence-corrected chi connectivity index (χ2v) is 6.83. The molecule has 3 rings (SSSR count). The molecule has 0 aliphatic rings. The van der Waals surface area contributed by atoms with Crippen molar-refractivity contribution in [2.75, 3.05) is 19.5 Å². The Morgan fingerprint density at radius 1 is 1.07 bits per heavy atom. The Morgan fingerprint density at radius 3 is 2.48 bits per heavy atom. The van der Waals surface area contributed by atoms with Gasteiger partial charge in [-0.2, -0.15) is 0 Å². The van der Waals surface area contributed by atoms with Crippen molar-refractivity contribution in [3.8, 4) is 22.8 Å². The minimum Gasteiger partial charge on any atom is -0.493 e. The van der Waals surface area contributed by atoms with E-state index in [0.717, 1.165) is 11.3 Å². The summed E-state index contributed by atoms with van der Waals surface area (Å²) < 4.78 is 17.6. The fraction of sp³-hybridized carbons (Fsp3) is 0.316. The number of nitrogens with one attached hydrogen (secondary N) is 1. The number of rotatable bonds is 4. The first-order chi connectivity index (χ1) is 12.8. The molecule has 0 aliphatic heterocycles. The number of carbonyl (C=O) groups excluding carboxylic acids is 1. The molecule has 8 nitrogen and oxygen atoms in total. The maximum Gasteiger partial charge on any atom is 0.413 e. The molecular weight excluding hydrogens is 348 g/mol. The van der Waals surface area contributed by atoms with Gasteiger partial charge in [-0.05, 0) is 45.0 Å².